The molecule has 0 saturated carbocycles. The molecule has 2 aromatic rings. The summed E-state index contributed by atoms with van der Waals surface area (Å²) in [6.07, 6.45) is 1.63. The van der Waals surface area contributed by atoms with Crippen LogP contribution in [-0.4, -0.2) is 15.9 Å². The molecule has 0 saturated heterocycles. The van der Waals surface area contributed by atoms with Gasteiger partial charge < -0.3 is 11.1 Å². The number of benzene rings is 1. The first-order valence-corrected chi connectivity index (χ1v) is 7.01. The molecular formula is C14H12BrN3OS. The SMILES string of the molecule is Cc1cc(Br)cnc1NC(=O)c1cccc(C(N)=S)c1. The van der Waals surface area contributed by atoms with E-state index in [2.05, 4.69) is 26.2 Å². The number of nitrogens with two attached hydrogens (primary N) is 1. The molecule has 2 rings (SSSR count). The first kappa shape index (κ1) is 14.6. The van der Waals surface area contributed by atoms with E-state index in [1.54, 1.807) is 30.5 Å². The zero-order valence-electron chi connectivity index (χ0n) is 10.7. The van der Waals surface area contributed by atoms with Crippen LogP contribution in [0.5, 0.6) is 0 Å². The Labute approximate surface area is 130 Å². The van der Waals surface area contributed by atoms with Gasteiger partial charge in [0, 0.05) is 21.8 Å². The standard InChI is InChI=1S/C14H12BrN3OS/c1-8-5-11(15)7-17-13(8)18-14(19)10-4-2-3-9(6-10)12(16)20/h2-7H,1H3,(H2,16,20)(H,17,18,19). The summed E-state index contributed by atoms with van der Waals surface area (Å²) < 4.78 is 0.864. The molecule has 0 bridgehead atoms. The first-order chi connectivity index (χ1) is 9.47. The van der Waals surface area contributed by atoms with E-state index in [1.165, 1.54) is 0 Å². The average Bonchev–Trinajstić information content (AvgIpc) is 2.42. The molecule has 4 nitrogen and oxygen atoms in total. The van der Waals surface area contributed by atoms with Crippen molar-refractivity contribution in [2.24, 2.45) is 5.73 Å². The molecule has 0 radical (unpaired) electrons. The molecular weight excluding hydrogens is 338 g/mol. The quantitative estimate of drug-likeness (QED) is 0.835. The number of thiocarbonyl (C=S) groups is 1. The summed E-state index contributed by atoms with van der Waals surface area (Å²) in [6, 6.07) is 8.75. The van der Waals surface area contributed by atoms with Crippen LogP contribution in [0.3, 0.4) is 0 Å². The fourth-order valence-electron chi connectivity index (χ4n) is 1.66. The maximum Gasteiger partial charge on any atom is 0.256 e. The van der Waals surface area contributed by atoms with E-state index >= 15 is 0 Å². The number of nitrogens with zero attached hydrogens (tertiary/aromatic N) is 1. The van der Waals surface area contributed by atoms with Crippen molar-refractivity contribution >= 4 is 44.9 Å². The number of hydrogen-bond donors (Lipinski definition) is 2. The number of nitrogens with one attached hydrogen (secondary N) is 1. The van der Waals surface area contributed by atoms with Crippen molar-refractivity contribution < 1.29 is 4.79 Å². The normalized spacial score (nSPS) is 10.1. The highest BCUT2D eigenvalue weighted by Gasteiger charge is 2.10. The molecule has 20 heavy (non-hydrogen) atoms. The van der Waals surface area contributed by atoms with E-state index in [0.29, 0.717) is 16.9 Å². The average molecular weight is 350 g/mol. The summed E-state index contributed by atoms with van der Waals surface area (Å²) in [5.41, 5.74) is 7.58. The molecule has 102 valence electrons. The number of rotatable bonds is 3. The van der Waals surface area contributed by atoms with Gasteiger partial charge in [0.25, 0.3) is 5.91 Å². The van der Waals surface area contributed by atoms with Crippen molar-refractivity contribution in [1.29, 1.82) is 0 Å². The number of amides is 1. The Kier molecular flexibility index (Phi) is 4.46. The predicted octanol–water partition coefficient (Wildman–Crippen LogP) is 3.04. The van der Waals surface area contributed by atoms with Crippen molar-refractivity contribution in [3.63, 3.8) is 0 Å². The predicted molar refractivity (Wildman–Crippen MR) is 87.0 cm³/mol. The van der Waals surface area contributed by atoms with Gasteiger partial charge in [-0.25, -0.2) is 4.98 Å². The van der Waals surface area contributed by atoms with Gasteiger partial charge >= 0.3 is 0 Å². The Hall–Kier alpha value is -1.79. The van der Waals surface area contributed by atoms with Gasteiger partial charge in [0.2, 0.25) is 0 Å². The second-order valence-electron chi connectivity index (χ2n) is 4.22. The van der Waals surface area contributed by atoms with Crippen LogP contribution in [-0.2, 0) is 0 Å². The first-order valence-electron chi connectivity index (χ1n) is 5.81. The molecule has 1 aromatic heterocycles. The summed E-state index contributed by atoms with van der Waals surface area (Å²) in [5, 5.41) is 2.76. The van der Waals surface area contributed by atoms with Crippen LogP contribution < -0.4 is 11.1 Å². The smallest absolute Gasteiger partial charge is 0.256 e. The number of aromatic nitrogens is 1. The molecule has 3 N–H and O–H groups in total. The van der Waals surface area contributed by atoms with Crippen LogP contribution in [0.15, 0.2) is 41.0 Å². The van der Waals surface area contributed by atoms with E-state index in [1.807, 2.05) is 13.0 Å². The zero-order chi connectivity index (χ0) is 14.7. The third kappa shape index (κ3) is 3.40. The monoisotopic (exact) mass is 349 g/mol. The van der Waals surface area contributed by atoms with Gasteiger partial charge in [0.15, 0.2) is 0 Å². The minimum atomic E-state index is -0.249. The Bertz CT molecular complexity index is 688. The van der Waals surface area contributed by atoms with Crippen LogP contribution in [0, 0.1) is 6.92 Å². The summed E-state index contributed by atoms with van der Waals surface area (Å²) >= 11 is 8.23. The second kappa shape index (κ2) is 6.11. The van der Waals surface area contributed by atoms with Gasteiger partial charge in [-0.15, -0.1) is 0 Å². The largest absolute Gasteiger partial charge is 0.389 e. The molecule has 0 unspecified atom stereocenters. The van der Waals surface area contributed by atoms with Gasteiger partial charge in [-0.05, 0) is 46.6 Å². The molecule has 0 aliphatic rings. The van der Waals surface area contributed by atoms with Crippen molar-refractivity contribution in [3.05, 3.63) is 57.7 Å². The van der Waals surface area contributed by atoms with Crippen molar-refractivity contribution in [1.82, 2.24) is 4.98 Å². The third-order valence-electron chi connectivity index (χ3n) is 2.69. The van der Waals surface area contributed by atoms with E-state index in [4.69, 9.17) is 18.0 Å². The minimum absolute atomic E-state index is 0.249. The maximum absolute atomic E-state index is 12.2. The summed E-state index contributed by atoms with van der Waals surface area (Å²) in [5.74, 6) is 0.278. The van der Waals surface area contributed by atoms with Crippen LogP contribution in [0.4, 0.5) is 5.82 Å². The third-order valence-corrected chi connectivity index (χ3v) is 3.36. The van der Waals surface area contributed by atoms with Gasteiger partial charge in [-0.1, -0.05) is 24.4 Å². The molecule has 0 atom stereocenters. The lowest BCUT2D eigenvalue weighted by Crippen LogP contribution is -2.16. The van der Waals surface area contributed by atoms with Crippen LogP contribution >= 0.6 is 28.1 Å². The van der Waals surface area contributed by atoms with E-state index in [-0.39, 0.29) is 10.9 Å². The topological polar surface area (TPSA) is 68.0 Å². The van der Waals surface area contributed by atoms with Gasteiger partial charge in [-0.2, -0.15) is 0 Å². The molecule has 1 heterocycles. The van der Waals surface area contributed by atoms with Crippen LogP contribution in [0.2, 0.25) is 0 Å². The molecule has 0 fully saturated rings. The maximum atomic E-state index is 12.2. The van der Waals surface area contributed by atoms with Gasteiger partial charge in [0.1, 0.15) is 10.8 Å². The van der Waals surface area contributed by atoms with Gasteiger partial charge in [-0.3, -0.25) is 4.79 Å². The molecule has 1 amide bonds. The number of hydrogen-bond acceptors (Lipinski definition) is 3. The number of anilines is 1. The molecule has 0 spiro atoms. The lowest BCUT2D eigenvalue weighted by Gasteiger charge is -2.08. The van der Waals surface area contributed by atoms with Crippen molar-refractivity contribution in [2.45, 2.75) is 6.92 Å². The number of carbonyl (C=O) groups excluding carboxylic acids is 1. The summed E-state index contributed by atoms with van der Waals surface area (Å²) in [7, 11) is 0. The van der Waals surface area contributed by atoms with E-state index in [0.717, 1.165) is 10.0 Å². The number of aryl methyl sites for hydroxylation is 1. The highest BCUT2D eigenvalue weighted by molar-refractivity contribution is 9.10. The van der Waals surface area contributed by atoms with Crippen molar-refractivity contribution in [2.75, 3.05) is 5.32 Å². The highest BCUT2D eigenvalue weighted by Crippen LogP contribution is 2.17. The second-order valence-corrected chi connectivity index (χ2v) is 5.57. The Morgan fingerprint density at radius 3 is 2.70 bits per heavy atom. The van der Waals surface area contributed by atoms with E-state index in [9.17, 15) is 4.79 Å². The molecule has 0 aliphatic carbocycles. The molecule has 0 aliphatic heterocycles. The fourth-order valence-corrected chi connectivity index (χ4v) is 2.24. The zero-order valence-corrected chi connectivity index (χ0v) is 13.1. The van der Waals surface area contributed by atoms with E-state index < -0.39 is 0 Å². The van der Waals surface area contributed by atoms with Crippen molar-refractivity contribution in [3.8, 4) is 0 Å². The Morgan fingerprint density at radius 1 is 1.35 bits per heavy atom. The summed E-state index contributed by atoms with van der Waals surface area (Å²) in [6.45, 7) is 1.87. The highest BCUT2D eigenvalue weighted by atomic mass is 79.9. The van der Waals surface area contributed by atoms with Gasteiger partial charge in [0.05, 0.1) is 0 Å². The Morgan fingerprint density at radius 2 is 2.05 bits per heavy atom. The number of carbonyl (C=O) groups is 1. The Balaban J connectivity index is 2.24. The minimum Gasteiger partial charge on any atom is -0.389 e. The lowest BCUT2D eigenvalue weighted by atomic mass is 10.1. The lowest BCUT2D eigenvalue weighted by molar-refractivity contribution is 0.102. The van der Waals surface area contributed by atoms with Crippen LogP contribution in [0.25, 0.3) is 0 Å². The number of pyridine rings is 1. The number of halogens is 1. The van der Waals surface area contributed by atoms with Crippen LogP contribution in [0.1, 0.15) is 21.5 Å². The molecule has 6 heteroatoms. The fraction of sp³-hybridized carbons (Fsp3) is 0.0714. The summed E-state index contributed by atoms with van der Waals surface area (Å²) in [4.78, 5) is 16.6. The molecule has 1 aromatic carbocycles.